The van der Waals surface area contributed by atoms with Crippen molar-refractivity contribution in [2.75, 3.05) is 31.5 Å². The fourth-order valence-electron chi connectivity index (χ4n) is 4.06. The summed E-state index contributed by atoms with van der Waals surface area (Å²) in [5.74, 6) is -0.287. The molecule has 140 valence electrons. The van der Waals surface area contributed by atoms with Crippen LogP contribution in [0.4, 0.5) is 10.1 Å². The van der Waals surface area contributed by atoms with Gasteiger partial charge in [0, 0.05) is 49.0 Å². The summed E-state index contributed by atoms with van der Waals surface area (Å²) >= 11 is 0. The predicted molar refractivity (Wildman–Crippen MR) is 101 cm³/mol. The number of hydrogen-bond donors (Lipinski definition) is 1. The second kappa shape index (κ2) is 7.49. The molecule has 27 heavy (non-hydrogen) atoms. The lowest BCUT2D eigenvalue weighted by Gasteiger charge is -2.23. The van der Waals surface area contributed by atoms with Gasteiger partial charge in [0.25, 0.3) is 0 Å². The summed E-state index contributed by atoms with van der Waals surface area (Å²) in [6.45, 7) is 2.53. The molecule has 2 aliphatic rings. The summed E-state index contributed by atoms with van der Waals surface area (Å²) in [6.07, 6.45) is 4.20. The second-order valence-electron chi connectivity index (χ2n) is 7.26. The van der Waals surface area contributed by atoms with Gasteiger partial charge in [0.05, 0.1) is 18.1 Å². The van der Waals surface area contributed by atoms with E-state index in [0.29, 0.717) is 18.6 Å². The summed E-state index contributed by atoms with van der Waals surface area (Å²) in [6, 6.07) is 8.78. The Balaban J connectivity index is 1.39. The van der Waals surface area contributed by atoms with Crippen LogP contribution >= 0.6 is 0 Å². The van der Waals surface area contributed by atoms with E-state index in [1.807, 2.05) is 12.1 Å². The molecule has 2 saturated heterocycles. The maximum Gasteiger partial charge on any atom is 0.237 e. The van der Waals surface area contributed by atoms with Crippen molar-refractivity contribution in [3.05, 3.63) is 36.3 Å². The lowest BCUT2D eigenvalue weighted by molar-refractivity contribution is -0.132. The quantitative estimate of drug-likeness (QED) is 0.898. The molecule has 2 atom stereocenters. The highest BCUT2D eigenvalue weighted by atomic mass is 19.1. The fraction of sp³-hybridized carbons (Fsp3) is 0.450. The molecule has 1 aromatic heterocycles. The van der Waals surface area contributed by atoms with Crippen LogP contribution in [0, 0.1) is 17.1 Å². The van der Waals surface area contributed by atoms with Gasteiger partial charge in [-0.05, 0) is 37.5 Å². The van der Waals surface area contributed by atoms with Crippen molar-refractivity contribution in [3.63, 3.8) is 0 Å². The number of hydrogen-bond acceptors (Lipinski definition) is 5. The first-order chi connectivity index (χ1) is 13.1. The van der Waals surface area contributed by atoms with Gasteiger partial charge in [-0.1, -0.05) is 0 Å². The Morgan fingerprint density at radius 1 is 1.37 bits per heavy atom. The molecule has 1 amide bonds. The number of nitrogens with zero attached hydrogens (tertiary/aromatic N) is 4. The second-order valence-corrected chi connectivity index (χ2v) is 7.26. The topological polar surface area (TPSA) is 72.3 Å². The van der Waals surface area contributed by atoms with E-state index in [-0.39, 0.29) is 23.8 Å². The van der Waals surface area contributed by atoms with Crippen LogP contribution in [-0.2, 0) is 4.79 Å². The number of carbonyl (C=O) groups excluding carboxylic acids is 1. The fourth-order valence-corrected chi connectivity index (χ4v) is 4.06. The van der Waals surface area contributed by atoms with Crippen molar-refractivity contribution in [1.29, 1.82) is 5.26 Å². The van der Waals surface area contributed by atoms with E-state index in [1.165, 1.54) is 12.1 Å². The van der Waals surface area contributed by atoms with E-state index in [1.54, 1.807) is 11.1 Å². The van der Waals surface area contributed by atoms with Gasteiger partial charge < -0.3 is 10.2 Å². The zero-order valence-electron chi connectivity index (χ0n) is 15.1. The minimum atomic E-state index is -0.315. The first-order valence-corrected chi connectivity index (χ1v) is 9.36. The molecule has 1 unspecified atom stereocenters. The van der Waals surface area contributed by atoms with Gasteiger partial charge in [-0.2, -0.15) is 5.26 Å². The van der Waals surface area contributed by atoms with Gasteiger partial charge >= 0.3 is 0 Å². The van der Waals surface area contributed by atoms with Crippen molar-refractivity contribution in [3.8, 4) is 6.07 Å². The summed E-state index contributed by atoms with van der Waals surface area (Å²) in [5.41, 5.74) is 1.36. The van der Waals surface area contributed by atoms with Crippen LogP contribution in [0.25, 0.3) is 10.9 Å². The van der Waals surface area contributed by atoms with Crippen molar-refractivity contribution < 1.29 is 9.18 Å². The number of halogens is 1. The van der Waals surface area contributed by atoms with E-state index in [4.69, 9.17) is 5.26 Å². The van der Waals surface area contributed by atoms with Crippen LogP contribution in [-0.4, -0.2) is 59.0 Å². The van der Waals surface area contributed by atoms with Crippen molar-refractivity contribution in [2.24, 2.45) is 0 Å². The summed E-state index contributed by atoms with van der Waals surface area (Å²) in [7, 11) is 0. The number of rotatable bonds is 4. The van der Waals surface area contributed by atoms with E-state index in [2.05, 4.69) is 21.3 Å². The Labute approximate surface area is 157 Å². The predicted octanol–water partition coefficient (Wildman–Crippen LogP) is 2.37. The molecule has 2 aliphatic heterocycles. The normalized spacial score (nSPS) is 22.9. The number of anilines is 1. The molecular weight excluding hydrogens is 345 g/mol. The summed E-state index contributed by atoms with van der Waals surface area (Å²) in [5, 5.41) is 13.5. The standard InChI is InChI=1S/C20H22FN5O/c21-14-9-18-17(4-1-6-23-18)19(10-14)24-15-5-8-25(12-15)13-20(27)26-7-2-3-16(26)11-22/h1,4,6,9-10,15-16,24H,2-3,5,7-8,12-13H2/t15-,16?/m0/s1. The number of amides is 1. The number of benzene rings is 1. The van der Waals surface area contributed by atoms with Crippen molar-refractivity contribution in [2.45, 2.75) is 31.3 Å². The number of nitrogens with one attached hydrogen (secondary N) is 1. The molecule has 0 radical (unpaired) electrons. The van der Waals surface area contributed by atoms with Crippen LogP contribution in [0.3, 0.4) is 0 Å². The number of nitriles is 1. The minimum absolute atomic E-state index is 0.0279. The molecule has 0 bridgehead atoms. The maximum atomic E-state index is 13.9. The molecule has 4 rings (SSSR count). The van der Waals surface area contributed by atoms with Gasteiger partial charge in [0.15, 0.2) is 0 Å². The first kappa shape index (κ1) is 17.7. The number of aromatic nitrogens is 1. The lowest BCUT2D eigenvalue weighted by Crippen LogP contribution is -2.42. The SMILES string of the molecule is N#CC1CCCN1C(=O)CN1CC[C@H](Nc2cc(F)cc3ncccc23)C1. The Bertz CT molecular complexity index is 896. The van der Waals surface area contributed by atoms with Gasteiger partial charge in [0.2, 0.25) is 5.91 Å². The van der Waals surface area contributed by atoms with Gasteiger partial charge in [-0.3, -0.25) is 14.7 Å². The molecule has 0 saturated carbocycles. The van der Waals surface area contributed by atoms with Crippen LogP contribution in [0.15, 0.2) is 30.5 Å². The van der Waals surface area contributed by atoms with E-state index >= 15 is 0 Å². The zero-order valence-corrected chi connectivity index (χ0v) is 15.1. The molecule has 1 aromatic carbocycles. The largest absolute Gasteiger partial charge is 0.380 e. The van der Waals surface area contributed by atoms with Crippen LogP contribution in [0.1, 0.15) is 19.3 Å². The number of likely N-dealkylation sites (tertiary alicyclic amines) is 2. The van der Waals surface area contributed by atoms with Crippen molar-refractivity contribution >= 4 is 22.5 Å². The minimum Gasteiger partial charge on any atom is -0.380 e. The third-order valence-electron chi connectivity index (χ3n) is 5.40. The van der Waals surface area contributed by atoms with Gasteiger partial charge in [-0.25, -0.2) is 4.39 Å². The Kier molecular flexibility index (Phi) is 4.90. The molecule has 1 N–H and O–H groups in total. The third-order valence-corrected chi connectivity index (χ3v) is 5.40. The highest BCUT2D eigenvalue weighted by molar-refractivity contribution is 5.91. The van der Waals surface area contributed by atoms with E-state index in [0.717, 1.165) is 43.4 Å². The maximum absolute atomic E-state index is 13.9. The average Bonchev–Trinajstić information content (AvgIpc) is 3.30. The monoisotopic (exact) mass is 367 g/mol. The van der Waals surface area contributed by atoms with Crippen molar-refractivity contribution in [1.82, 2.24) is 14.8 Å². The summed E-state index contributed by atoms with van der Waals surface area (Å²) < 4.78 is 13.9. The lowest BCUT2D eigenvalue weighted by atomic mass is 10.1. The van der Waals surface area contributed by atoms with Crippen LogP contribution < -0.4 is 5.32 Å². The molecule has 0 spiro atoms. The van der Waals surface area contributed by atoms with E-state index in [9.17, 15) is 9.18 Å². The third kappa shape index (κ3) is 3.71. The van der Waals surface area contributed by atoms with E-state index < -0.39 is 0 Å². The molecule has 2 aromatic rings. The Morgan fingerprint density at radius 3 is 3.11 bits per heavy atom. The Hall–Kier alpha value is -2.72. The first-order valence-electron chi connectivity index (χ1n) is 9.36. The van der Waals surface area contributed by atoms with Gasteiger partial charge in [0.1, 0.15) is 11.9 Å². The number of carbonyl (C=O) groups is 1. The molecule has 0 aliphatic carbocycles. The molecule has 7 heteroatoms. The summed E-state index contributed by atoms with van der Waals surface area (Å²) in [4.78, 5) is 20.5. The highest BCUT2D eigenvalue weighted by Gasteiger charge is 2.31. The van der Waals surface area contributed by atoms with Crippen LogP contribution in [0.2, 0.25) is 0 Å². The molecule has 3 heterocycles. The average molecular weight is 367 g/mol. The molecule has 2 fully saturated rings. The smallest absolute Gasteiger partial charge is 0.237 e. The van der Waals surface area contributed by atoms with Crippen LogP contribution in [0.5, 0.6) is 0 Å². The molecular formula is C20H22FN5O. The highest BCUT2D eigenvalue weighted by Crippen LogP contribution is 2.26. The molecule has 6 nitrogen and oxygen atoms in total. The van der Waals surface area contributed by atoms with Gasteiger partial charge in [-0.15, -0.1) is 0 Å². The number of pyridine rings is 1. The Morgan fingerprint density at radius 2 is 2.26 bits per heavy atom. The number of fused-ring (bicyclic) bond motifs is 1. The zero-order chi connectivity index (χ0) is 18.8.